The number of benzene rings is 6. The predicted octanol–water partition coefficient (Wildman–Crippen LogP) is 12.0. The first-order chi connectivity index (χ1) is 24.9. The van der Waals surface area contributed by atoms with E-state index < -0.39 is 0 Å². The fraction of sp³-hybridized carbons (Fsp3) is 0.0870. The van der Waals surface area contributed by atoms with Gasteiger partial charge in [-0.3, -0.25) is 8.80 Å². The van der Waals surface area contributed by atoms with Gasteiger partial charge in [0.1, 0.15) is 22.8 Å². The molecule has 0 atom stereocenters. The van der Waals surface area contributed by atoms with Gasteiger partial charge in [-0.15, -0.1) is 0 Å². The van der Waals surface area contributed by atoms with E-state index in [1.807, 2.05) is 18.6 Å². The zero-order valence-electron chi connectivity index (χ0n) is 28.9. The number of pyridine rings is 2. The highest BCUT2D eigenvalue weighted by molar-refractivity contribution is 6.14. The summed E-state index contributed by atoms with van der Waals surface area (Å²) in [5.41, 5.74) is 13.9. The number of imidazole rings is 2. The van der Waals surface area contributed by atoms with Gasteiger partial charge in [0, 0.05) is 39.5 Å². The van der Waals surface area contributed by atoms with Crippen LogP contribution in [0.4, 0.5) is 0 Å². The lowest BCUT2D eigenvalue weighted by atomic mass is 9.94. The molecule has 4 heterocycles. The first-order valence-electron chi connectivity index (χ1n) is 17.4. The number of fused-ring (bicyclic) bond motifs is 12. The van der Waals surface area contributed by atoms with Crippen molar-refractivity contribution in [3.8, 4) is 33.9 Å². The molecule has 6 aromatic carbocycles. The third-order valence-electron chi connectivity index (χ3n) is 10.6. The van der Waals surface area contributed by atoms with Crippen molar-refractivity contribution in [2.45, 2.75) is 27.7 Å². The Kier molecular flexibility index (Phi) is 6.37. The van der Waals surface area contributed by atoms with Crippen molar-refractivity contribution < 1.29 is 4.74 Å². The zero-order valence-corrected chi connectivity index (χ0v) is 28.9. The van der Waals surface area contributed by atoms with Crippen LogP contribution in [0.2, 0.25) is 0 Å². The van der Waals surface area contributed by atoms with Gasteiger partial charge in [0.15, 0.2) is 0 Å². The highest BCUT2D eigenvalue weighted by atomic mass is 16.5. The minimum atomic E-state index is 0.758. The first-order valence-corrected chi connectivity index (χ1v) is 17.4. The molecule has 0 aliphatic heterocycles. The van der Waals surface area contributed by atoms with Crippen molar-refractivity contribution >= 4 is 54.6 Å². The average Bonchev–Trinajstić information content (AvgIpc) is 3.81. The highest BCUT2D eigenvalue weighted by Gasteiger charge is 2.18. The Bertz CT molecular complexity index is 3020. The van der Waals surface area contributed by atoms with Gasteiger partial charge in [-0.05, 0) is 126 Å². The quantitative estimate of drug-likeness (QED) is 0.177. The molecule has 0 spiro atoms. The second-order valence-corrected chi connectivity index (χ2v) is 13.7. The van der Waals surface area contributed by atoms with Crippen LogP contribution in [0.5, 0.6) is 11.5 Å². The minimum absolute atomic E-state index is 0.758. The highest BCUT2D eigenvalue weighted by Crippen LogP contribution is 2.39. The van der Waals surface area contributed by atoms with E-state index in [0.717, 1.165) is 61.1 Å². The van der Waals surface area contributed by atoms with E-state index in [1.54, 1.807) is 0 Å². The van der Waals surface area contributed by atoms with Crippen molar-refractivity contribution in [3.63, 3.8) is 0 Å². The summed E-state index contributed by atoms with van der Waals surface area (Å²) >= 11 is 0. The standard InChI is InChI=1S/C46H34N4O/c1-27-9-7-10-28(2)43(27)31-15-20-40-37(23-31)35-19-17-32(24-38(35)45-47-21-22-49(40)45)51-33-16-18-34-36-13-5-6-14-41(36)50-42(26-48-46(50)39(34)25-33)44-29(3)11-8-12-30(44)4/h5-26H,1-4H3. The molecule has 10 rings (SSSR count). The van der Waals surface area contributed by atoms with Gasteiger partial charge in [-0.1, -0.05) is 60.7 Å². The molecule has 0 aliphatic carbocycles. The summed E-state index contributed by atoms with van der Waals surface area (Å²) in [6.07, 6.45) is 5.93. The second kappa shape index (κ2) is 11.0. The van der Waals surface area contributed by atoms with Crippen molar-refractivity contribution in [2.24, 2.45) is 0 Å². The molecular formula is C46H34N4O. The lowest BCUT2D eigenvalue weighted by Crippen LogP contribution is -1.96. The Labute approximate surface area is 295 Å². The van der Waals surface area contributed by atoms with Crippen LogP contribution < -0.4 is 4.74 Å². The average molecular weight is 659 g/mol. The summed E-state index contributed by atoms with van der Waals surface area (Å²) in [4.78, 5) is 9.83. The SMILES string of the molecule is Cc1cccc(C)c1-c1ccc2c(c1)c1ccc(Oc3ccc4c5ccccc5n5c(-c6c(C)cccc6C)cnc5c4c3)cc1c1nccn21. The van der Waals surface area contributed by atoms with Gasteiger partial charge < -0.3 is 4.74 Å². The molecule has 51 heavy (non-hydrogen) atoms. The number of hydrogen-bond donors (Lipinski definition) is 0. The van der Waals surface area contributed by atoms with E-state index in [2.05, 4.69) is 152 Å². The first kappa shape index (κ1) is 29.5. The Morgan fingerprint density at radius 2 is 1.14 bits per heavy atom. The number of rotatable bonds is 4. The van der Waals surface area contributed by atoms with Crippen molar-refractivity contribution in [2.75, 3.05) is 0 Å². The second-order valence-electron chi connectivity index (χ2n) is 13.7. The summed E-state index contributed by atoms with van der Waals surface area (Å²) in [6.45, 7) is 8.71. The van der Waals surface area contributed by atoms with Gasteiger partial charge in [0.05, 0.1) is 22.9 Å². The molecule has 0 saturated heterocycles. The zero-order chi connectivity index (χ0) is 34.4. The maximum atomic E-state index is 6.67. The molecule has 5 heteroatoms. The van der Waals surface area contributed by atoms with E-state index in [0.29, 0.717) is 0 Å². The van der Waals surface area contributed by atoms with Gasteiger partial charge >= 0.3 is 0 Å². The molecule has 0 unspecified atom stereocenters. The van der Waals surface area contributed by atoms with Crippen LogP contribution in [0.25, 0.3) is 77.0 Å². The fourth-order valence-electron chi connectivity index (χ4n) is 8.31. The number of ether oxygens (including phenoxy) is 1. The van der Waals surface area contributed by atoms with Crippen molar-refractivity contribution in [1.82, 2.24) is 18.8 Å². The third kappa shape index (κ3) is 4.41. The van der Waals surface area contributed by atoms with Crippen LogP contribution >= 0.6 is 0 Å². The Balaban J connectivity index is 1.13. The van der Waals surface area contributed by atoms with Gasteiger partial charge in [-0.25, -0.2) is 9.97 Å². The maximum absolute atomic E-state index is 6.67. The summed E-state index contributed by atoms with van der Waals surface area (Å²) in [7, 11) is 0. The van der Waals surface area contributed by atoms with E-state index in [-0.39, 0.29) is 0 Å². The van der Waals surface area contributed by atoms with Crippen LogP contribution in [0, 0.1) is 27.7 Å². The normalized spacial score (nSPS) is 11.9. The largest absolute Gasteiger partial charge is 0.457 e. The Hall–Kier alpha value is -6.46. The molecule has 244 valence electrons. The number of nitrogens with zero attached hydrogens (tertiary/aromatic N) is 4. The number of para-hydroxylation sites is 1. The van der Waals surface area contributed by atoms with Crippen LogP contribution in [0.15, 0.2) is 134 Å². The lowest BCUT2D eigenvalue weighted by molar-refractivity contribution is 0.484. The number of hydrogen-bond acceptors (Lipinski definition) is 3. The lowest BCUT2D eigenvalue weighted by Gasteiger charge is -2.15. The molecule has 10 aromatic rings. The topological polar surface area (TPSA) is 43.8 Å². The molecule has 0 aliphatic rings. The van der Waals surface area contributed by atoms with E-state index >= 15 is 0 Å². The summed E-state index contributed by atoms with van der Waals surface area (Å²) in [5.74, 6) is 1.52. The molecule has 0 amide bonds. The molecular weight excluding hydrogens is 625 g/mol. The summed E-state index contributed by atoms with van der Waals surface area (Å²) in [5, 5.41) is 6.74. The predicted molar refractivity (Wildman–Crippen MR) is 210 cm³/mol. The molecule has 0 fully saturated rings. The van der Waals surface area contributed by atoms with Crippen LogP contribution in [0.3, 0.4) is 0 Å². The third-order valence-corrected chi connectivity index (χ3v) is 10.6. The maximum Gasteiger partial charge on any atom is 0.145 e. The van der Waals surface area contributed by atoms with E-state index in [4.69, 9.17) is 14.7 Å². The number of aryl methyl sites for hydroxylation is 4. The summed E-state index contributed by atoms with van der Waals surface area (Å²) < 4.78 is 11.2. The summed E-state index contributed by atoms with van der Waals surface area (Å²) in [6, 6.07) is 41.0. The molecule has 5 nitrogen and oxygen atoms in total. The van der Waals surface area contributed by atoms with E-state index in [1.165, 1.54) is 49.7 Å². The molecule has 4 aromatic heterocycles. The van der Waals surface area contributed by atoms with Gasteiger partial charge in [0.2, 0.25) is 0 Å². The van der Waals surface area contributed by atoms with Crippen molar-refractivity contribution in [1.29, 1.82) is 0 Å². The van der Waals surface area contributed by atoms with Gasteiger partial charge in [-0.2, -0.15) is 0 Å². The van der Waals surface area contributed by atoms with Crippen LogP contribution in [-0.2, 0) is 0 Å². The monoisotopic (exact) mass is 658 g/mol. The molecule has 0 radical (unpaired) electrons. The van der Waals surface area contributed by atoms with Gasteiger partial charge in [0.25, 0.3) is 0 Å². The van der Waals surface area contributed by atoms with Crippen molar-refractivity contribution in [3.05, 3.63) is 156 Å². The van der Waals surface area contributed by atoms with Crippen LogP contribution in [-0.4, -0.2) is 18.8 Å². The molecule has 0 saturated carbocycles. The molecule has 0 bridgehead atoms. The van der Waals surface area contributed by atoms with Crippen LogP contribution in [0.1, 0.15) is 22.3 Å². The Morgan fingerprint density at radius 1 is 0.490 bits per heavy atom. The van der Waals surface area contributed by atoms with E-state index in [9.17, 15) is 0 Å². The smallest absolute Gasteiger partial charge is 0.145 e. The molecule has 0 N–H and O–H groups in total. The fourth-order valence-corrected chi connectivity index (χ4v) is 8.31. The minimum Gasteiger partial charge on any atom is -0.457 e. The Morgan fingerprint density at radius 3 is 1.86 bits per heavy atom. The number of aromatic nitrogens is 4.